The molecule has 0 aromatic heterocycles. The highest BCUT2D eigenvalue weighted by atomic mass is 35.5. The van der Waals surface area contributed by atoms with Gasteiger partial charge in [0, 0.05) is 28.0 Å². The molecule has 1 heterocycles. The molecule has 4 rings (SSSR count). The molecule has 1 aliphatic rings. The molecule has 0 radical (unpaired) electrons. The first-order valence-electron chi connectivity index (χ1n) is 9.23. The van der Waals surface area contributed by atoms with Crippen LogP contribution >= 0.6 is 11.6 Å². The van der Waals surface area contributed by atoms with Crippen LogP contribution in [0.15, 0.2) is 72.8 Å². The number of fused-ring (bicyclic) bond motifs is 1. The average Bonchev–Trinajstić information content (AvgIpc) is 2.70. The number of amides is 1. The Kier molecular flexibility index (Phi) is 5.05. The molecule has 0 saturated heterocycles. The number of carbonyl (C=O) groups is 1. The second kappa shape index (κ2) is 7.64. The van der Waals surface area contributed by atoms with Gasteiger partial charge in [-0.25, -0.2) is 4.39 Å². The van der Waals surface area contributed by atoms with Crippen LogP contribution in [-0.2, 0) is 0 Å². The molecular formula is C23H20ClFN2O. The van der Waals surface area contributed by atoms with Crippen molar-refractivity contribution in [3.63, 3.8) is 0 Å². The Morgan fingerprint density at radius 1 is 1.04 bits per heavy atom. The molecule has 3 nitrogen and oxygen atoms in total. The van der Waals surface area contributed by atoms with Crippen LogP contribution < -0.4 is 10.2 Å². The molecule has 0 spiro atoms. The van der Waals surface area contributed by atoms with Gasteiger partial charge in [-0.05, 0) is 73.5 Å². The molecule has 0 unspecified atom stereocenters. The molecular weight excluding hydrogens is 375 g/mol. The summed E-state index contributed by atoms with van der Waals surface area (Å²) in [5.41, 5.74) is 3.40. The van der Waals surface area contributed by atoms with Gasteiger partial charge in [-0.1, -0.05) is 29.8 Å². The van der Waals surface area contributed by atoms with Crippen LogP contribution in [0.3, 0.4) is 0 Å². The van der Waals surface area contributed by atoms with Gasteiger partial charge in [0.25, 0.3) is 5.91 Å². The lowest BCUT2D eigenvalue weighted by atomic mass is 9.90. The fraction of sp³-hybridized carbons (Fsp3) is 0.174. The summed E-state index contributed by atoms with van der Waals surface area (Å²) in [5, 5.41) is 4.25. The normalized spacial score (nSPS) is 18.5. The van der Waals surface area contributed by atoms with Gasteiger partial charge in [-0.3, -0.25) is 4.79 Å². The molecule has 0 saturated carbocycles. The summed E-state index contributed by atoms with van der Waals surface area (Å²) in [6, 6.07) is 21.3. The molecule has 142 valence electrons. The van der Waals surface area contributed by atoms with E-state index in [-0.39, 0.29) is 23.8 Å². The second-order valence-electron chi connectivity index (χ2n) is 7.03. The third-order valence-corrected chi connectivity index (χ3v) is 5.34. The van der Waals surface area contributed by atoms with Crippen LogP contribution in [0.2, 0.25) is 5.02 Å². The zero-order valence-corrected chi connectivity index (χ0v) is 16.2. The van der Waals surface area contributed by atoms with Gasteiger partial charge in [0.05, 0.1) is 6.04 Å². The summed E-state index contributed by atoms with van der Waals surface area (Å²) in [4.78, 5) is 15.0. The second-order valence-corrected chi connectivity index (χ2v) is 7.47. The van der Waals surface area contributed by atoms with Gasteiger partial charge in [0.15, 0.2) is 0 Å². The van der Waals surface area contributed by atoms with Crippen molar-refractivity contribution < 1.29 is 9.18 Å². The lowest BCUT2D eigenvalue weighted by Crippen LogP contribution is -2.44. The Morgan fingerprint density at radius 2 is 1.71 bits per heavy atom. The minimum absolute atomic E-state index is 0.0164. The van der Waals surface area contributed by atoms with Crippen molar-refractivity contribution in [1.29, 1.82) is 0 Å². The van der Waals surface area contributed by atoms with Crippen LogP contribution in [0.25, 0.3) is 0 Å². The summed E-state index contributed by atoms with van der Waals surface area (Å²) < 4.78 is 13.2. The highest BCUT2D eigenvalue weighted by Gasteiger charge is 2.34. The predicted octanol–water partition coefficient (Wildman–Crippen LogP) is 6.07. The average molecular weight is 395 g/mol. The van der Waals surface area contributed by atoms with Crippen molar-refractivity contribution >= 4 is 28.9 Å². The number of halogens is 2. The smallest absolute Gasteiger partial charge is 0.258 e. The summed E-state index contributed by atoms with van der Waals surface area (Å²) >= 11 is 5.99. The fourth-order valence-electron chi connectivity index (χ4n) is 3.74. The standard InChI is InChI=1S/C23H20ClFN2O/c1-15-14-21(26-19-12-8-17(24)9-13-19)20-4-2-3-5-22(20)27(15)23(28)16-6-10-18(25)11-7-16/h2-13,15,21,26H,14H2,1H3/t15-,21+/m0/s1. The Bertz CT molecular complexity index is 988. The van der Waals surface area contributed by atoms with E-state index in [4.69, 9.17) is 11.6 Å². The Hall–Kier alpha value is -2.85. The third kappa shape index (κ3) is 3.60. The number of para-hydroxylation sites is 1. The monoisotopic (exact) mass is 394 g/mol. The predicted molar refractivity (Wildman–Crippen MR) is 112 cm³/mol. The van der Waals surface area contributed by atoms with Gasteiger partial charge >= 0.3 is 0 Å². The number of nitrogens with zero attached hydrogens (tertiary/aromatic N) is 1. The van der Waals surface area contributed by atoms with Gasteiger partial charge in [0.1, 0.15) is 5.82 Å². The number of carbonyl (C=O) groups excluding carboxylic acids is 1. The van der Waals surface area contributed by atoms with Gasteiger partial charge in [0.2, 0.25) is 0 Å². The number of hydrogen-bond acceptors (Lipinski definition) is 2. The van der Waals surface area contributed by atoms with Crippen LogP contribution in [0.4, 0.5) is 15.8 Å². The first-order valence-corrected chi connectivity index (χ1v) is 9.61. The lowest BCUT2D eigenvalue weighted by Gasteiger charge is -2.40. The lowest BCUT2D eigenvalue weighted by molar-refractivity contribution is 0.0974. The van der Waals surface area contributed by atoms with Gasteiger partial charge in [-0.15, -0.1) is 0 Å². The molecule has 1 aliphatic heterocycles. The largest absolute Gasteiger partial charge is 0.378 e. The third-order valence-electron chi connectivity index (χ3n) is 5.08. The summed E-state index contributed by atoms with van der Waals surface area (Å²) in [5.74, 6) is -0.472. The van der Waals surface area contributed by atoms with E-state index in [1.54, 1.807) is 0 Å². The minimum atomic E-state index is -0.351. The molecule has 3 aromatic rings. The fourth-order valence-corrected chi connectivity index (χ4v) is 3.86. The molecule has 0 fully saturated rings. The SMILES string of the molecule is C[C@H]1C[C@@H](Nc2ccc(Cl)cc2)c2ccccc2N1C(=O)c1ccc(F)cc1. The summed E-state index contributed by atoms with van der Waals surface area (Å²) in [6.45, 7) is 2.04. The van der Waals surface area contributed by atoms with Crippen LogP contribution in [0, 0.1) is 5.82 Å². The number of hydrogen-bond donors (Lipinski definition) is 1. The van der Waals surface area contributed by atoms with Crippen LogP contribution in [-0.4, -0.2) is 11.9 Å². The van der Waals surface area contributed by atoms with Crippen molar-refractivity contribution in [3.8, 4) is 0 Å². The molecule has 1 N–H and O–H groups in total. The molecule has 28 heavy (non-hydrogen) atoms. The number of anilines is 2. The highest BCUT2D eigenvalue weighted by molar-refractivity contribution is 6.30. The minimum Gasteiger partial charge on any atom is -0.378 e. The van der Waals surface area contributed by atoms with E-state index in [0.29, 0.717) is 10.6 Å². The van der Waals surface area contributed by atoms with Crippen molar-refractivity contribution in [1.82, 2.24) is 0 Å². The zero-order chi connectivity index (χ0) is 19.7. The molecule has 5 heteroatoms. The maximum absolute atomic E-state index is 13.2. The quantitative estimate of drug-likeness (QED) is 0.584. The maximum Gasteiger partial charge on any atom is 0.258 e. The first kappa shape index (κ1) is 18.5. The number of nitrogens with one attached hydrogen (secondary N) is 1. The van der Waals surface area contributed by atoms with Gasteiger partial charge in [-0.2, -0.15) is 0 Å². The molecule has 0 aliphatic carbocycles. The molecule has 0 bridgehead atoms. The van der Waals surface area contributed by atoms with E-state index in [0.717, 1.165) is 23.4 Å². The highest BCUT2D eigenvalue weighted by Crippen LogP contribution is 2.39. The Morgan fingerprint density at radius 3 is 2.43 bits per heavy atom. The molecule has 2 atom stereocenters. The van der Waals surface area contributed by atoms with Crippen molar-refractivity contribution in [2.75, 3.05) is 10.2 Å². The van der Waals surface area contributed by atoms with Crippen molar-refractivity contribution in [2.24, 2.45) is 0 Å². The Balaban J connectivity index is 1.67. The summed E-state index contributed by atoms with van der Waals surface area (Å²) in [7, 11) is 0. The molecule has 1 amide bonds. The van der Waals surface area contributed by atoms with E-state index >= 15 is 0 Å². The topological polar surface area (TPSA) is 32.3 Å². The molecule has 3 aromatic carbocycles. The Labute approximate surface area is 168 Å². The van der Waals surface area contributed by atoms with E-state index in [9.17, 15) is 9.18 Å². The van der Waals surface area contributed by atoms with Crippen molar-refractivity contribution in [2.45, 2.75) is 25.4 Å². The van der Waals surface area contributed by atoms with E-state index < -0.39 is 0 Å². The van der Waals surface area contributed by atoms with Crippen LogP contribution in [0.1, 0.15) is 35.3 Å². The zero-order valence-electron chi connectivity index (χ0n) is 15.4. The van der Waals surface area contributed by atoms with Crippen LogP contribution in [0.5, 0.6) is 0 Å². The van der Waals surface area contributed by atoms with E-state index in [1.807, 2.05) is 60.4 Å². The number of benzene rings is 3. The number of rotatable bonds is 3. The van der Waals surface area contributed by atoms with E-state index in [2.05, 4.69) is 5.32 Å². The van der Waals surface area contributed by atoms with Crippen molar-refractivity contribution in [3.05, 3.63) is 94.8 Å². The maximum atomic E-state index is 13.2. The van der Waals surface area contributed by atoms with Gasteiger partial charge < -0.3 is 10.2 Å². The van der Waals surface area contributed by atoms with E-state index in [1.165, 1.54) is 24.3 Å². The first-order chi connectivity index (χ1) is 13.5. The summed E-state index contributed by atoms with van der Waals surface area (Å²) in [6.07, 6.45) is 0.757.